The van der Waals surface area contributed by atoms with Gasteiger partial charge in [0.05, 0.1) is 0 Å². The van der Waals surface area contributed by atoms with Crippen molar-refractivity contribution in [2.45, 2.75) is 6.92 Å². The van der Waals surface area contributed by atoms with Crippen LogP contribution in [0.5, 0.6) is 0 Å². The van der Waals surface area contributed by atoms with E-state index in [1.54, 1.807) is 6.08 Å². The third-order valence-electron chi connectivity index (χ3n) is 0.305. The van der Waals surface area contributed by atoms with Crippen molar-refractivity contribution in [2.24, 2.45) is 0 Å². The monoisotopic (exact) mass is 98.0 g/mol. The van der Waals surface area contributed by atoms with Gasteiger partial charge in [0, 0.05) is 0 Å². The molecule has 6 heavy (non-hydrogen) atoms. The molecule has 0 radical (unpaired) electrons. The van der Waals surface area contributed by atoms with Crippen molar-refractivity contribution in [3.63, 3.8) is 0 Å². The van der Waals surface area contributed by atoms with Crippen molar-refractivity contribution < 1.29 is 0 Å². The van der Waals surface area contributed by atoms with Crippen LogP contribution in [0.3, 0.4) is 0 Å². The first-order chi connectivity index (χ1) is 2.77. The van der Waals surface area contributed by atoms with E-state index in [9.17, 15) is 0 Å². The molecule has 0 nitrogen and oxygen atoms in total. The Morgan fingerprint density at radius 2 is 2.50 bits per heavy atom. The Morgan fingerprint density at radius 3 is 2.50 bits per heavy atom. The molecule has 0 aromatic heterocycles. The van der Waals surface area contributed by atoms with Crippen LogP contribution in [0.1, 0.15) is 6.92 Å². The maximum atomic E-state index is 4.36. The van der Waals surface area contributed by atoms with Crippen LogP contribution in [0.15, 0.2) is 18.2 Å². The first kappa shape index (κ1) is 5.61. The number of rotatable bonds is 1. The van der Waals surface area contributed by atoms with Crippen LogP contribution < -0.4 is 0 Å². The molecule has 0 spiro atoms. The summed E-state index contributed by atoms with van der Waals surface area (Å²) in [6.45, 7) is 5.43. The van der Waals surface area contributed by atoms with Crippen molar-refractivity contribution in [3.05, 3.63) is 18.2 Å². The Hall–Kier alpha value is -0.390. The largest absolute Gasteiger partial charge is 0.0955 e. The minimum absolute atomic E-state index is 0.949. The third kappa shape index (κ3) is 3.61. The summed E-state index contributed by atoms with van der Waals surface area (Å²) in [5.41, 5.74) is 0.949. The SMILES string of the molecule is C=C(C)C=C=S. The Balaban J connectivity index is 3.60. The topological polar surface area (TPSA) is 0 Å². The molecule has 0 saturated heterocycles. The van der Waals surface area contributed by atoms with E-state index in [1.165, 1.54) is 0 Å². The highest BCUT2D eigenvalue weighted by molar-refractivity contribution is 7.78. The van der Waals surface area contributed by atoms with E-state index >= 15 is 0 Å². The molecule has 0 aliphatic rings. The van der Waals surface area contributed by atoms with Gasteiger partial charge in [0.25, 0.3) is 0 Å². The van der Waals surface area contributed by atoms with Crippen LogP contribution in [0, 0.1) is 0 Å². The highest BCUT2D eigenvalue weighted by Gasteiger charge is 1.63. The van der Waals surface area contributed by atoms with Gasteiger partial charge < -0.3 is 0 Å². The van der Waals surface area contributed by atoms with Crippen LogP contribution in [0.4, 0.5) is 0 Å². The zero-order valence-corrected chi connectivity index (χ0v) is 4.51. The lowest BCUT2D eigenvalue weighted by atomic mass is 10.4. The summed E-state index contributed by atoms with van der Waals surface area (Å²) in [5, 5.41) is 2.43. The van der Waals surface area contributed by atoms with E-state index in [1.807, 2.05) is 6.92 Å². The molecule has 0 amide bonds. The molecular formula is C5H6S. The number of thiocarbonyl (C=S) groups is 1. The summed E-state index contributed by atoms with van der Waals surface area (Å²) >= 11 is 4.36. The van der Waals surface area contributed by atoms with Gasteiger partial charge in [0.1, 0.15) is 0 Å². The molecule has 0 fully saturated rings. The molecule has 0 N–H and O–H groups in total. The van der Waals surface area contributed by atoms with Gasteiger partial charge in [-0.05, 0) is 35.8 Å². The second kappa shape index (κ2) is 2.83. The third-order valence-corrected chi connectivity index (χ3v) is 0.423. The van der Waals surface area contributed by atoms with Crippen molar-refractivity contribution in [2.75, 3.05) is 0 Å². The van der Waals surface area contributed by atoms with Gasteiger partial charge in [0.2, 0.25) is 0 Å². The van der Waals surface area contributed by atoms with E-state index in [0.717, 1.165) is 5.57 Å². The summed E-state index contributed by atoms with van der Waals surface area (Å²) in [5.74, 6) is 0. The Morgan fingerprint density at radius 1 is 2.00 bits per heavy atom. The standard InChI is InChI=1S/C5H6S/c1-5(2)3-4-6/h3H,1H2,2H3. The average Bonchev–Trinajstić information content (AvgIpc) is 1.35. The predicted octanol–water partition coefficient (Wildman–Crippen LogP) is 1.72. The van der Waals surface area contributed by atoms with Crippen molar-refractivity contribution in [3.8, 4) is 0 Å². The van der Waals surface area contributed by atoms with Gasteiger partial charge in [-0.15, -0.1) is 0 Å². The predicted molar refractivity (Wildman–Crippen MR) is 32.0 cm³/mol. The second-order valence-corrected chi connectivity index (χ2v) is 1.34. The molecule has 0 unspecified atom stereocenters. The van der Waals surface area contributed by atoms with Gasteiger partial charge in [-0.3, -0.25) is 0 Å². The summed E-state index contributed by atoms with van der Waals surface area (Å²) in [6.07, 6.45) is 1.66. The normalized spacial score (nSPS) is 6.17. The molecule has 0 atom stereocenters. The van der Waals surface area contributed by atoms with E-state index < -0.39 is 0 Å². The Kier molecular flexibility index (Phi) is 2.64. The van der Waals surface area contributed by atoms with Crippen LogP contribution in [0.25, 0.3) is 0 Å². The highest BCUT2D eigenvalue weighted by atomic mass is 32.1. The molecule has 32 valence electrons. The first-order valence-electron chi connectivity index (χ1n) is 1.64. The fourth-order valence-corrected chi connectivity index (χ4v) is 0.302. The molecule has 0 heterocycles. The molecule has 0 rings (SSSR count). The maximum Gasteiger partial charge on any atom is -0.00603 e. The van der Waals surface area contributed by atoms with Gasteiger partial charge in [0.15, 0.2) is 0 Å². The van der Waals surface area contributed by atoms with Crippen molar-refractivity contribution in [1.82, 2.24) is 0 Å². The van der Waals surface area contributed by atoms with Gasteiger partial charge in [-0.1, -0.05) is 6.58 Å². The molecular weight excluding hydrogens is 92.1 g/mol. The second-order valence-electron chi connectivity index (χ2n) is 1.11. The average molecular weight is 98.2 g/mol. The van der Waals surface area contributed by atoms with E-state index in [4.69, 9.17) is 0 Å². The molecule has 1 heteroatoms. The fraction of sp³-hybridized carbons (Fsp3) is 0.200. The number of allylic oxidation sites excluding steroid dienone is 2. The van der Waals surface area contributed by atoms with Gasteiger partial charge in [-0.25, -0.2) is 0 Å². The van der Waals surface area contributed by atoms with E-state index in [0.29, 0.717) is 0 Å². The van der Waals surface area contributed by atoms with E-state index in [-0.39, 0.29) is 0 Å². The quantitative estimate of drug-likeness (QED) is 0.355. The minimum Gasteiger partial charge on any atom is -0.0955 e. The minimum atomic E-state index is 0.949. The maximum absolute atomic E-state index is 4.36. The van der Waals surface area contributed by atoms with Crippen LogP contribution in [-0.2, 0) is 0 Å². The number of hydrogen-bond donors (Lipinski definition) is 0. The zero-order valence-electron chi connectivity index (χ0n) is 3.69. The van der Waals surface area contributed by atoms with Gasteiger partial charge >= 0.3 is 0 Å². The molecule has 0 saturated carbocycles. The smallest absolute Gasteiger partial charge is 0.00603 e. The molecule has 0 aromatic carbocycles. The summed E-state index contributed by atoms with van der Waals surface area (Å²) in [7, 11) is 0. The fourth-order valence-electron chi connectivity index (χ4n) is 0.101. The molecule has 0 aliphatic heterocycles. The molecule has 0 bridgehead atoms. The van der Waals surface area contributed by atoms with Crippen LogP contribution in [-0.4, -0.2) is 5.02 Å². The molecule has 0 aromatic rings. The molecule has 0 aliphatic carbocycles. The van der Waals surface area contributed by atoms with Gasteiger partial charge in [-0.2, -0.15) is 0 Å². The Labute approximate surface area is 43.2 Å². The highest BCUT2D eigenvalue weighted by Crippen LogP contribution is 1.81. The van der Waals surface area contributed by atoms with Crippen LogP contribution >= 0.6 is 12.2 Å². The summed E-state index contributed by atoms with van der Waals surface area (Å²) in [6, 6.07) is 0. The van der Waals surface area contributed by atoms with Crippen molar-refractivity contribution >= 4 is 17.2 Å². The van der Waals surface area contributed by atoms with Crippen molar-refractivity contribution in [1.29, 1.82) is 0 Å². The number of hydrogen-bond acceptors (Lipinski definition) is 1. The van der Waals surface area contributed by atoms with Crippen LogP contribution in [0.2, 0.25) is 0 Å². The summed E-state index contributed by atoms with van der Waals surface area (Å²) < 4.78 is 0. The summed E-state index contributed by atoms with van der Waals surface area (Å²) in [4.78, 5) is 0. The first-order valence-corrected chi connectivity index (χ1v) is 2.04. The zero-order chi connectivity index (χ0) is 4.99. The lowest BCUT2D eigenvalue weighted by Crippen LogP contribution is -1.55. The van der Waals surface area contributed by atoms with E-state index in [2.05, 4.69) is 23.8 Å². The Bertz CT molecular complexity index is 96.5. The lowest BCUT2D eigenvalue weighted by molar-refractivity contribution is 1.59. The lowest BCUT2D eigenvalue weighted by Gasteiger charge is -1.71.